The lowest BCUT2D eigenvalue weighted by molar-refractivity contribution is -0.133. The van der Waals surface area contributed by atoms with Crippen LogP contribution in [0.4, 0.5) is 0 Å². The average Bonchev–Trinajstić information content (AvgIpc) is 2.91. The molecule has 4 aliphatic heterocycles. The van der Waals surface area contributed by atoms with Crippen LogP contribution < -0.4 is 0 Å². The number of rotatable bonds is 2. The zero-order chi connectivity index (χ0) is 28.5. The van der Waals surface area contributed by atoms with Crippen molar-refractivity contribution >= 4 is 11.8 Å². The van der Waals surface area contributed by atoms with Gasteiger partial charge in [0.05, 0.1) is 26.4 Å². The van der Waals surface area contributed by atoms with Gasteiger partial charge in [0.1, 0.15) is 0 Å². The predicted molar refractivity (Wildman–Crippen MR) is 155 cm³/mol. The number of carbonyl (C=O) groups excluding carboxylic acids is 2. The second kappa shape index (κ2) is 19.7. The molecule has 0 spiro atoms. The molecule has 4 saturated heterocycles. The molecule has 0 unspecified atom stereocenters. The van der Waals surface area contributed by atoms with E-state index < -0.39 is 0 Å². The van der Waals surface area contributed by atoms with E-state index in [0.29, 0.717) is 19.3 Å². The molecule has 0 aromatic carbocycles. The highest BCUT2D eigenvalue weighted by Gasteiger charge is 2.16. The lowest BCUT2D eigenvalue weighted by Gasteiger charge is -2.34. The summed E-state index contributed by atoms with van der Waals surface area (Å²) in [5.41, 5.74) is 0. The van der Waals surface area contributed by atoms with Crippen LogP contribution in [-0.2, 0) is 19.1 Å². The number of piperazine rings is 2. The van der Waals surface area contributed by atoms with Gasteiger partial charge in [-0.3, -0.25) is 19.4 Å². The van der Waals surface area contributed by atoms with Crippen molar-refractivity contribution < 1.29 is 19.1 Å². The number of carbonyl (C=O) groups is 2. The van der Waals surface area contributed by atoms with E-state index in [1.165, 1.54) is 26.2 Å². The third kappa shape index (κ3) is 15.3. The molecule has 224 valence electrons. The van der Waals surface area contributed by atoms with Gasteiger partial charge in [-0.25, -0.2) is 0 Å². The predicted octanol–water partition coefficient (Wildman–Crippen LogP) is 1.01. The topological polar surface area (TPSA) is 72.0 Å². The van der Waals surface area contributed by atoms with E-state index >= 15 is 0 Å². The van der Waals surface area contributed by atoms with Gasteiger partial charge >= 0.3 is 0 Å². The van der Waals surface area contributed by atoms with Crippen molar-refractivity contribution in [3.05, 3.63) is 0 Å². The molecular weight excluding hydrogens is 484 g/mol. The molecule has 4 rings (SSSR count). The lowest BCUT2D eigenvalue weighted by Crippen LogP contribution is -2.47. The molecule has 38 heavy (non-hydrogen) atoms. The quantitative estimate of drug-likeness (QED) is 0.512. The number of likely N-dealkylation sites (N-methyl/N-ethyl adjacent to an activating group) is 2. The maximum atomic E-state index is 10.8. The van der Waals surface area contributed by atoms with Crippen molar-refractivity contribution in [3.8, 4) is 0 Å². The summed E-state index contributed by atoms with van der Waals surface area (Å²) in [6, 6.07) is 1.42. The first-order valence-electron chi connectivity index (χ1n) is 14.5. The first-order chi connectivity index (χ1) is 18.0. The molecule has 10 nitrogen and oxygen atoms in total. The van der Waals surface area contributed by atoms with E-state index in [1.807, 2.05) is 4.90 Å². The second-order valence-corrected chi connectivity index (χ2v) is 11.1. The van der Waals surface area contributed by atoms with E-state index in [-0.39, 0.29) is 11.8 Å². The summed E-state index contributed by atoms with van der Waals surface area (Å²) in [7, 11) is 4.27. The van der Waals surface area contributed by atoms with Crippen molar-refractivity contribution in [2.24, 2.45) is 0 Å². The Bertz CT molecular complexity index is 623. The van der Waals surface area contributed by atoms with Gasteiger partial charge in [0.15, 0.2) is 0 Å². The molecule has 0 aliphatic carbocycles. The van der Waals surface area contributed by atoms with Crippen LogP contribution in [0.3, 0.4) is 0 Å². The molecule has 0 bridgehead atoms. The molecule has 2 amide bonds. The van der Waals surface area contributed by atoms with Gasteiger partial charge in [0.2, 0.25) is 11.8 Å². The number of amides is 2. The summed E-state index contributed by atoms with van der Waals surface area (Å²) < 4.78 is 10.3. The Morgan fingerprint density at radius 3 is 1.13 bits per heavy atom. The smallest absolute Gasteiger partial charge is 0.219 e. The Morgan fingerprint density at radius 1 is 0.500 bits per heavy atom. The van der Waals surface area contributed by atoms with Crippen LogP contribution in [0, 0.1) is 0 Å². The van der Waals surface area contributed by atoms with Gasteiger partial charge in [0.25, 0.3) is 0 Å². The van der Waals surface area contributed by atoms with E-state index in [4.69, 9.17) is 9.47 Å². The fraction of sp³-hybridized carbons (Fsp3) is 0.929. The standard InChI is InChI=1S/C8H18N2.C7H14N2O.C7H15NO.C6H11NO2/c1-8(2)10-6-4-9(3)5-7-10;1-7(10)9-5-3-8(2)4-6-9;1-7(2)8-3-5-9-6-4-8;1-6(8)7-2-4-9-5-3-7/h8H,4-7H2,1-3H3;3-6H2,1-2H3;7H,3-6H2,1-2H3;2-5H2,1H3. The van der Waals surface area contributed by atoms with Crippen molar-refractivity contribution in [3.63, 3.8) is 0 Å². The molecule has 0 atom stereocenters. The molecule has 4 aliphatic rings. The van der Waals surface area contributed by atoms with E-state index in [9.17, 15) is 9.59 Å². The monoisotopic (exact) mass is 542 g/mol. The highest BCUT2D eigenvalue weighted by Crippen LogP contribution is 2.03. The Labute approximate surface area is 233 Å². The number of nitrogens with zero attached hydrogens (tertiary/aromatic N) is 6. The van der Waals surface area contributed by atoms with E-state index in [2.05, 4.69) is 61.4 Å². The third-order valence-corrected chi connectivity index (χ3v) is 7.45. The van der Waals surface area contributed by atoms with Crippen molar-refractivity contribution in [1.29, 1.82) is 0 Å². The SMILES string of the molecule is CC(=O)N1CCN(C)CC1.CC(=O)N1CCOCC1.CC(C)N1CCN(C)CC1.CC(C)N1CCOCC1. The van der Waals surface area contributed by atoms with Gasteiger partial charge in [0, 0.05) is 104 Å². The summed E-state index contributed by atoms with van der Waals surface area (Å²) in [6.07, 6.45) is 0. The van der Waals surface area contributed by atoms with Gasteiger partial charge in [-0.1, -0.05) is 0 Å². The summed E-state index contributed by atoms with van der Waals surface area (Å²) in [5, 5.41) is 0. The van der Waals surface area contributed by atoms with Crippen LogP contribution >= 0.6 is 0 Å². The highest BCUT2D eigenvalue weighted by atomic mass is 16.5. The summed E-state index contributed by atoms with van der Waals surface area (Å²) >= 11 is 0. The summed E-state index contributed by atoms with van der Waals surface area (Å²) in [5.74, 6) is 0.353. The Morgan fingerprint density at radius 2 is 0.816 bits per heavy atom. The van der Waals surface area contributed by atoms with Gasteiger partial charge in [-0.05, 0) is 41.8 Å². The minimum atomic E-state index is 0.151. The van der Waals surface area contributed by atoms with Crippen LogP contribution in [0.1, 0.15) is 41.5 Å². The number of ether oxygens (including phenoxy) is 2. The van der Waals surface area contributed by atoms with Gasteiger partial charge in [-0.2, -0.15) is 0 Å². The van der Waals surface area contributed by atoms with Crippen molar-refractivity contribution in [1.82, 2.24) is 29.4 Å². The molecular formula is C28H58N6O4. The largest absolute Gasteiger partial charge is 0.379 e. The molecule has 0 aromatic rings. The first kappa shape index (κ1) is 34.7. The third-order valence-electron chi connectivity index (χ3n) is 7.45. The maximum absolute atomic E-state index is 10.8. The normalized spacial score (nSPS) is 22.1. The first-order valence-corrected chi connectivity index (χ1v) is 14.5. The zero-order valence-electron chi connectivity index (χ0n) is 25.8. The number of hydrogen-bond acceptors (Lipinski definition) is 8. The average molecular weight is 543 g/mol. The molecule has 4 fully saturated rings. The molecule has 0 N–H and O–H groups in total. The van der Waals surface area contributed by atoms with Crippen LogP contribution in [0.15, 0.2) is 0 Å². The second-order valence-electron chi connectivity index (χ2n) is 11.1. The lowest BCUT2D eigenvalue weighted by atomic mass is 10.2. The molecule has 4 heterocycles. The highest BCUT2D eigenvalue weighted by molar-refractivity contribution is 5.73. The van der Waals surface area contributed by atoms with Crippen molar-refractivity contribution in [2.75, 3.05) is 119 Å². The maximum Gasteiger partial charge on any atom is 0.219 e. The van der Waals surface area contributed by atoms with Crippen molar-refractivity contribution in [2.45, 2.75) is 53.6 Å². The van der Waals surface area contributed by atoms with Crippen LogP contribution in [0.25, 0.3) is 0 Å². The zero-order valence-corrected chi connectivity index (χ0v) is 25.8. The fourth-order valence-electron chi connectivity index (χ4n) is 4.43. The Hall–Kier alpha value is -1.30. The Kier molecular flexibility index (Phi) is 18.0. The molecule has 10 heteroatoms. The molecule has 0 aromatic heterocycles. The minimum absolute atomic E-state index is 0.151. The van der Waals surface area contributed by atoms with E-state index in [0.717, 1.165) is 71.6 Å². The van der Waals surface area contributed by atoms with Gasteiger partial charge < -0.3 is 29.1 Å². The number of morpholine rings is 2. The number of hydrogen-bond donors (Lipinski definition) is 0. The summed E-state index contributed by atoms with van der Waals surface area (Å²) in [6.45, 7) is 27.9. The van der Waals surface area contributed by atoms with Crippen LogP contribution in [0.2, 0.25) is 0 Å². The molecule has 0 radical (unpaired) electrons. The molecule has 0 saturated carbocycles. The Balaban J connectivity index is 0.000000254. The van der Waals surface area contributed by atoms with E-state index in [1.54, 1.807) is 18.7 Å². The van der Waals surface area contributed by atoms with Crippen LogP contribution in [0.5, 0.6) is 0 Å². The summed E-state index contributed by atoms with van der Waals surface area (Å²) in [4.78, 5) is 34.8. The van der Waals surface area contributed by atoms with Crippen LogP contribution in [-0.4, -0.2) is 172 Å². The minimum Gasteiger partial charge on any atom is -0.379 e. The fourth-order valence-corrected chi connectivity index (χ4v) is 4.43. The van der Waals surface area contributed by atoms with Gasteiger partial charge in [-0.15, -0.1) is 0 Å².